The summed E-state index contributed by atoms with van der Waals surface area (Å²) < 4.78 is 13.6. The molecule has 0 aliphatic heterocycles. The minimum Gasteiger partial charge on any atom is -0.478 e. The number of rotatable bonds is 9. The quantitative estimate of drug-likeness (QED) is 0.723. The summed E-state index contributed by atoms with van der Waals surface area (Å²) in [6.45, 7) is 5.55. The molecule has 1 unspecified atom stereocenters. The third kappa shape index (κ3) is 5.29. The van der Waals surface area contributed by atoms with Gasteiger partial charge in [-0.25, -0.2) is 9.18 Å². The van der Waals surface area contributed by atoms with Crippen molar-refractivity contribution in [3.8, 4) is 0 Å². The van der Waals surface area contributed by atoms with E-state index >= 15 is 0 Å². The second-order valence-corrected chi connectivity index (χ2v) is 5.16. The van der Waals surface area contributed by atoms with E-state index in [9.17, 15) is 9.18 Å². The average molecular weight is 281 g/mol. The maximum atomic E-state index is 13.6. The van der Waals surface area contributed by atoms with Gasteiger partial charge in [0.25, 0.3) is 0 Å². The summed E-state index contributed by atoms with van der Waals surface area (Å²) in [5, 5.41) is 12.1. The lowest BCUT2D eigenvalue weighted by Crippen LogP contribution is -2.22. The lowest BCUT2D eigenvalue weighted by molar-refractivity contribution is 0.0696. The topological polar surface area (TPSA) is 49.3 Å². The number of hydrogen-bond donors (Lipinski definition) is 2. The first-order valence-corrected chi connectivity index (χ1v) is 7.30. The number of carboxylic acid groups (broad SMARTS) is 1. The molecule has 1 rings (SSSR count). The molecule has 112 valence electrons. The molecule has 0 spiro atoms. The average Bonchev–Trinajstić information content (AvgIpc) is 2.44. The molecule has 0 aliphatic carbocycles. The van der Waals surface area contributed by atoms with Crippen molar-refractivity contribution >= 4 is 5.97 Å². The zero-order valence-corrected chi connectivity index (χ0v) is 12.3. The first-order valence-electron chi connectivity index (χ1n) is 7.30. The fraction of sp³-hybridized carbons (Fsp3) is 0.562. The number of hydrogen-bond acceptors (Lipinski definition) is 2. The molecular weight excluding hydrogens is 257 g/mol. The van der Waals surface area contributed by atoms with Crippen LogP contribution in [0.25, 0.3) is 0 Å². The number of benzene rings is 1. The minimum atomic E-state index is -1.03. The molecule has 0 bridgehead atoms. The molecule has 0 aromatic heterocycles. The van der Waals surface area contributed by atoms with E-state index in [1.807, 2.05) is 0 Å². The molecule has 1 aromatic rings. The summed E-state index contributed by atoms with van der Waals surface area (Å²) in [4.78, 5) is 10.9. The SMILES string of the molecule is CCCCC(CC)CNCc1cc(C(=O)O)ccc1F. The van der Waals surface area contributed by atoms with Gasteiger partial charge in [0.2, 0.25) is 0 Å². The third-order valence-electron chi connectivity index (χ3n) is 3.58. The van der Waals surface area contributed by atoms with E-state index in [0.29, 0.717) is 18.0 Å². The molecule has 4 heteroatoms. The molecule has 2 N–H and O–H groups in total. The van der Waals surface area contributed by atoms with E-state index in [-0.39, 0.29) is 11.4 Å². The Morgan fingerprint density at radius 1 is 1.40 bits per heavy atom. The van der Waals surface area contributed by atoms with E-state index in [1.165, 1.54) is 37.5 Å². The van der Waals surface area contributed by atoms with Gasteiger partial charge in [0.05, 0.1) is 5.56 Å². The normalized spacial score (nSPS) is 12.3. The van der Waals surface area contributed by atoms with Gasteiger partial charge in [0.15, 0.2) is 0 Å². The van der Waals surface area contributed by atoms with Gasteiger partial charge < -0.3 is 10.4 Å². The molecule has 0 heterocycles. The highest BCUT2D eigenvalue weighted by atomic mass is 19.1. The monoisotopic (exact) mass is 281 g/mol. The maximum absolute atomic E-state index is 13.6. The number of carboxylic acids is 1. The van der Waals surface area contributed by atoms with Crippen LogP contribution < -0.4 is 5.32 Å². The number of nitrogens with one attached hydrogen (secondary N) is 1. The van der Waals surface area contributed by atoms with Gasteiger partial charge in [-0.15, -0.1) is 0 Å². The summed E-state index contributed by atoms with van der Waals surface area (Å²) in [5.74, 6) is -0.787. The van der Waals surface area contributed by atoms with Crippen molar-refractivity contribution in [2.24, 2.45) is 5.92 Å². The fourth-order valence-electron chi connectivity index (χ4n) is 2.20. The molecular formula is C16H24FNO2. The van der Waals surface area contributed by atoms with Crippen molar-refractivity contribution in [2.75, 3.05) is 6.54 Å². The number of aromatic carboxylic acids is 1. The smallest absolute Gasteiger partial charge is 0.335 e. The van der Waals surface area contributed by atoms with E-state index < -0.39 is 5.97 Å². The van der Waals surface area contributed by atoms with E-state index in [2.05, 4.69) is 19.2 Å². The highest BCUT2D eigenvalue weighted by molar-refractivity contribution is 5.87. The van der Waals surface area contributed by atoms with Crippen LogP contribution in [0.1, 0.15) is 55.5 Å². The Morgan fingerprint density at radius 2 is 2.15 bits per heavy atom. The Bertz CT molecular complexity index is 434. The van der Waals surface area contributed by atoms with Crippen molar-refractivity contribution in [3.05, 3.63) is 35.1 Å². The Kier molecular flexibility index (Phi) is 7.23. The molecule has 0 fully saturated rings. The van der Waals surface area contributed by atoms with Crippen LogP contribution in [0.2, 0.25) is 0 Å². The highest BCUT2D eigenvalue weighted by Gasteiger charge is 2.09. The van der Waals surface area contributed by atoms with Crippen LogP contribution in [-0.2, 0) is 6.54 Å². The van der Waals surface area contributed by atoms with Gasteiger partial charge in [0.1, 0.15) is 5.82 Å². The summed E-state index contributed by atoms with van der Waals surface area (Å²) >= 11 is 0. The van der Waals surface area contributed by atoms with Crippen molar-refractivity contribution in [1.82, 2.24) is 5.32 Å². The summed E-state index contributed by atoms with van der Waals surface area (Å²) in [5.41, 5.74) is 0.538. The van der Waals surface area contributed by atoms with Gasteiger partial charge in [-0.3, -0.25) is 0 Å². The van der Waals surface area contributed by atoms with Gasteiger partial charge >= 0.3 is 5.97 Å². The van der Waals surface area contributed by atoms with Crippen LogP contribution in [-0.4, -0.2) is 17.6 Å². The van der Waals surface area contributed by atoms with Crippen LogP contribution >= 0.6 is 0 Å². The van der Waals surface area contributed by atoms with Gasteiger partial charge in [-0.1, -0.05) is 33.1 Å². The summed E-state index contributed by atoms with van der Waals surface area (Å²) in [7, 11) is 0. The zero-order chi connectivity index (χ0) is 15.0. The van der Waals surface area contributed by atoms with Gasteiger partial charge in [-0.2, -0.15) is 0 Å². The minimum absolute atomic E-state index is 0.126. The predicted molar refractivity (Wildman–Crippen MR) is 78.4 cm³/mol. The third-order valence-corrected chi connectivity index (χ3v) is 3.58. The molecule has 20 heavy (non-hydrogen) atoms. The number of carbonyl (C=O) groups is 1. The Morgan fingerprint density at radius 3 is 2.75 bits per heavy atom. The lowest BCUT2D eigenvalue weighted by atomic mass is 9.99. The Labute approximate surface area is 120 Å². The molecule has 3 nitrogen and oxygen atoms in total. The first kappa shape index (κ1) is 16.6. The second kappa shape index (κ2) is 8.69. The van der Waals surface area contributed by atoms with Crippen molar-refractivity contribution in [3.63, 3.8) is 0 Å². The summed E-state index contributed by atoms with van der Waals surface area (Å²) in [6, 6.07) is 3.91. The van der Waals surface area contributed by atoms with Crippen molar-refractivity contribution in [1.29, 1.82) is 0 Å². The molecule has 0 aliphatic rings. The number of unbranched alkanes of at least 4 members (excludes halogenated alkanes) is 1. The number of halogens is 1. The van der Waals surface area contributed by atoms with E-state index in [0.717, 1.165) is 13.0 Å². The molecule has 0 radical (unpaired) electrons. The van der Waals surface area contributed by atoms with Crippen LogP contribution in [0.15, 0.2) is 18.2 Å². The standard InChI is InChI=1S/C16H24FNO2/c1-3-5-6-12(4-2)10-18-11-14-9-13(16(19)20)7-8-15(14)17/h7-9,12,18H,3-6,10-11H2,1-2H3,(H,19,20). The van der Waals surface area contributed by atoms with Gasteiger partial charge in [-0.05, 0) is 37.1 Å². The maximum Gasteiger partial charge on any atom is 0.335 e. The van der Waals surface area contributed by atoms with Crippen LogP contribution in [0.3, 0.4) is 0 Å². The largest absolute Gasteiger partial charge is 0.478 e. The highest BCUT2D eigenvalue weighted by Crippen LogP contribution is 2.13. The predicted octanol–water partition coefficient (Wildman–Crippen LogP) is 3.83. The fourth-order valence-corrected chi connectivity index (χ4v) is 2.20. The van der Waals surface area contributed by atoms with E-state index in [1.54, 1.807) is 0 Å². The first-order chi connectivity index (χ1) is 9.58. The molecule has 1 atom stereocenters. The Hall–Kier alpha value is -1.42. The van der Waals surface area contributed by atoms with Crippen LogP contribution in [0.5, 0.6) is 0 Å². The lowest BCUT2D eigenvalue weighted by Gasteiger charge is -2.15. The van der Waals surface area contributed by atoms with E-state index in [4.69, 9.17) is 5.11 Å². The molecule has 0 saturated carbocycles. The Balaban J connectivity index is 2.52. The second-order valence-electron chi connectivity index (χ2n) is 5.16. The molecule has 0 saturated heterocycles. The van der Waals surface area contributed by atoms with Crippen molar-refractivity contribution in [2.45, 2.75) is 46.1 Å². The van der Waals surface area contributed by atoms with Gasteiger partial charge in [0, 0.05) is 12.1 Å². The van der Waals surface area contributed by atoms with Crippen LogP contribution in [0, 0.1) is 11.7 Å². The zero-order valence-electron chi connectivity index (χ0n) is 12.3. The molecule has 1 aromatic carbocycles. The molecule has 0 amide bonds. The van der Waals surface area contributed by atoms with Crippen molar-refractivity contribution < 1.29 is 14.3 Å². The summed E-state index contributed by atoms with van der Waals surface area (Å²) in [6.07, 6.45) is 4.68. The van der Waals surface area contributed by atoms with Crippen LogP contribution in [0.4, 0.5) is 4.39 Å².